The summed E-state index contributed by atoms with van der Waals surface area (Å²) >= 11 is 0. The van der Waals surface area contributed by atoms with Crippen LogP contribution in [0.4, 0.5) is 10.5 Å². The van der Waals surface area contributed by atoms with Crippen molar-refractivity contribution in [2.45, 2.75) is 6.42 Å². The van der Waals surface area contributed by atoms with Gasteiger partial charge in [-0.25, -0.2) is 9.48 Å². The summed E-state index contributed by atoms with van der Waals surface area (Å²) in [4.78, 5) is 39.0. The molecule has 0 bridgehead atoms. The number of morpholine rings is 1. The summed E-state index contributed by atoms with van der Waals surface area (Å²) < 4.78 is 8.33. The van der Waals surface area contributed by atoms with Crippen LogP contribution < -0.4 is 10.3 Å². The average Bonchev–Trinajstić information content (AvgIpc) is 3.23. The van der Waals surface area contributed by atoms with Crippen LogP contribution in [-0.2, 0) is 23.0 Å². The number of aryl methyl sites for hydroxylation is 1. The van der Waals surface area contributed by atoms with E-state index in [9.17, 15) is 19.5 Å². The maximum Gasteiger partial charge on any atom is 0.411 e. The largest absolute Gasteiger partial charge is 0.465 e. The summed E-state index contributed by atoms with van der Waals surface area (Å²) in [6.45, 7) is 1.30. The molecule has 2 amide bonds. The Bertz CT molecular complexity index is 1220. The van der Waals surface area contributed by atoms with E-state index in [4.69, 9.17) is 4.74 Å². The predicted octanol–water partition coefficient (Wildman–Crippen LogP) is 0.900. The van der Waals surface area contributed by atoms with Gasteiger partial charge in [0, 0.05) is 51.1 Å². The molecule has 3 heterocycles. The van der Waals surface area contributed by atoms with E-state index in [2.05, 4.69) is 10.2 Å². The number of nitrogens with zero attached hydrogens (tertiary/aromatic N) is 6. The molecule has 1 N–H and O–H groups in total. The molecule has 0 saturated carbocycles. The van der Waals surface area contributed by atoms with Gasteiger partial charge in [0.25, 0.3) is 0 Å². The Morgan fingerprint density at radius 3 is 2.85 bits per heavy atom. The van der Waals surface area contributed by atoms with Crippen LogP contribution in [0.5, 0.6) is 0 Å². The minimum Gasteiger partial charge on any atom is -0.465 e. The number of ether oxygens (including phenoxy) is 1. The lowest BCUT2D eigenvalue weighted by Crippen LogP contribution is -2.46. The second-order valence-corrected chi connectivity index (χ2v) is 7.66. The lowest BCUT2D eigenvalue weighted by atomic mass is 10.1. The topological polar surface area (TPSA) is 123 Å². The quantitative estimate of drug-likeness (QED) is 0.565. The van der Waals surface area contributed by atoms with Gasteiger partial charge in [0.1, 0.15) is 18.0 Å². The van der Waals surface area contributed by atoms with Gasteiger partial charge in [0.2, 0.25) is 11.3 Å². The van der Waals surface area contributed by atoms with E-state index in [1.54, 1.807) is 58.1 Å². The second-order valence-electron chi connectivity index (χ2n) is 7.66. The van der Waals surface area contributed by atoms with Crippen molar-refractivity contribution in [2.24, 2.45) is 7.05 Å². The zero-order valence-electron chi connectivity index (χ0n) is 18.1. The summed E-state index contributed by atoms with van der Waals surface area (Å²) in [6.07, 6.45) is 4.13. The molecular formula is C22H24N6O5. The van der Waals surface area contributed by atoms with Crippen molar-refractivity contribution < 1.29 is 19.4 Å². The van der Waals surface area contributed by atoms with Gasteiger partial charge in [-0.3, -0.25) is 19.2 Å². The Kier molecular flexibility index (Phi) is 6.50. The first-order valence-corrected chi connectivity index (χ1v) is 10.4. The Balaban J connectivity index is 1.52. The van der Waals surface area contributed by atoms with E-state index in [1.807, 2.05) is 6.07 Å². The third-order valence-corrected chi connectivity index (χ3v) is 5.34. The molecule has 2 aromatic heterocycles. The highest BCUT2D eigenvalue weighted by atomic mass is 16.5. The van der Waals surface area contributed by atoms with Crippen LogP contribution in [0.1, 0.15) is 11.3 Å². The fourth-order valence-corrected chi connectivity index (χ4v) is 3.61. The van der Waals surface area contributed by atoms with Crippen molar-refractivity contribution >= 4 is 17.7 Å². The summed E-state index contributed by atoms with van der Waals surface area (Å²) in [7, 11) is 1.79. The number of hydrogen-bond donors (Lipinski definition) is 1. The van der Waals surface area contributed by atoms with Crippen molar-refractivity contribution in [3.63, 3.8) is 0 Å². The number of carbonyl (C=O) groups excluding carboxylic acids is 1. The minimum atomic E-state index is -1.12. The van der Waals surface area contributed by atoms with Gasteiger partial charge in [-0.2, -0.15) is 10.2 Å². The third kappa shape index (κ3) is 5.26. The molecular weight excluding hydrogens is 428 g/mol. The highest BCUT2D eigenvalue weighted by Gasteiger charge is 2.22. The summed E-state index contributed by atoms with van der Waals surface area (Å²) in [5.41, 5.74) is 2.06. The van der Waals surface area contributed by atoms with Gasteiger partial charge in [-0.1, -0.05) is 12.1 Å². The van der Waals surface area contributed by atoms with Gasteiger partial charge >= 0.3 is 6.09 Å². The SMILES string of the molecule is Cn1cc(-n2ccc(=O)c(Cc3cccc(N(CCN4CCOCC4=O)C(=O)O)c3)n2)cn1. The molecule has 1 saturated heterocycles. The first-order chi connectivity index (χ1) is 15.9. The van der Waals surface area contributed by atoms with Crippen LogP contribution in [0.25, 0.3) is 5.69 Å². The second kappa shape index (κ2) is 9.65. The van der Waals surface area contributed by atoms with Crippen LogP contribution in [-0.4, -0.2) is 74.4 Å². The fourth-order valence-electron chi connectivity index (χ4n) is 3.61. The van der Waals surface area contributed by atoms with E-state index < -0.39 is 6.09 Å². The average molecular weight is 452 g/mol. The van der Waals surface area contributed by atoms with Gasteiger partial charge in [-0.15, -0.1) is 0 Å². The maximum atomic E-state index is 12.4. The van der Waals surface area contributed by atoms with Crippen molar-refractivity contribution in [1.82, 2.24) is 24.5 Å². The first-order valence-electron chi connectivity index (χ1n) is 10.4. The van der Waals surface area contributed by atoms with E-state index in [-0.39, 0.29) is 37.5 Å². The normalized spacial score (nSPS) is 13.8. The molecule has 1 aromatic carbocycles. The summed E-state index contributed by atoms with van der Waals surface area (Å²) in [5.74, 6) is -0.152. The molecule has 0 aliphatic carbocycles. The van der Waals surface area contributed by atoms with Gasteiger partial charge in [0.15, 0.2) is 0 Å². The molecule has 1 aliphatic rings. The third-order valence-electron chi connectivity index (χ3n) is 5.34. The van der Waals surface area contributed by atoms with Crippen LogP contribution in [0.3, 0.4) is 0 Å². The molecule has 0 atom stereocenters. The Morgan fingerprint density at radius 1 is 1.27 bits per heavy atom. The van der Waals surface area contributed by atoms with E-state index in [0.717, 1.165) is 11.3 Å². The van der Waals surface area contributed by atoms with Crippen LogP contribution >= 0.6 is 0 Å². The monoisotopic (exact) mass is 452 g/mol. The standard InChI is InChI=1S/C22H24N6O5/c1-25-14-18(13-23-25)28-6-5-20(29)19(24-28)12-16-3-2-4-17(11-16)27(22(31)32)8-7-26-9-10-33-15-21(26)30/h2-6,11,13-14H,7-10,12,15H2,1H3,(H,31,32). The lowest BCUT2D eigenvalue weighted by molar-refractivity contribution is -0.142. The Hall–Kier alpha value is -3.99. The van der Waals surface area contributed by atoms with Gasteiger partial charge < -0.3 is 14.7 Å². The number of anilines is 1. The molecule has 0 unspecified atom stereocenters. The zero-order valence-corrected chi connectivity index (χ0v) is 18.1. The van der Waals surface area contributed by atoms with E-state index >= 15 is 0 Å². The molecule has 0 radical (unpaired) electrons. The Labute approximate surface area is 189 Å². The number of aromatic nitrogens is 4. The molecule has 0 spiro atoms. The number of rotatable bonds is 7. The number of benzene rings is 1. The first kappa shape index (κ1) is 22.2. The molecule has 3 aromatic rings. The van der Waals surface area contributed by atoms with Gasteiger partial charge in [-0.05, 0) is 17.7 Å². The summed E-state index contributed by atoms with van der Waals surface area (Å²) in [5, 5.41) is 18.3. The van der Waals surface area contributed by atoms with Crippen molar-refractivity contribution in [1.29, 1.82) is 0 Å². The predicted molar refractivity (Wildman–Crippen MR) is 119 cm³/mol. The van der Waals surface area contributed by atoms with E-state index in [1.165, 1.54) is 11.0 Å². The minimum absolute atomic E-state index is 0.0171. The molecule has 4 rings (SSSR count). The lowest BCUT2D eigenvalue weighted by Gasteiger charge is -2.29. The molecule has 1 fully saturated rings. The molecule has 33 heavy (non-hydrogen) atoms. The molecule has 11 heteroatoms. The maximum absolute atomic E-state index is 12.4. The van der Waals surface area contributed by atoms with E-state index in [0.29, 0.717) is 24.5 Å². The number of hydrogen-bond acceptors (Lipinski definition) is 6. The fraction of sp³-hybridized carbons (Fsp3) is 0.318. The number of carboxylic acid groups (broad SMARTS) is 1. The smallest absolute Gasteiger partial charge is 0.411 e. The molecule has 1 aliphatic heterocycles. The molecule has 11 nitrogen and oxygen atoms in total. The van der Waals surface area contributed by atoms with Crippen molar-refractivity contribution in [2.75, 3.05) is 37.7 Å². The number of amides is 2. The van der Waals surface area contributed by atoms with Crippen molar-refractivity contribution in [3.8, 4) is 5.69 Å². The zero-order chi connectivity index (χ0) is 23.4. The summed E-state index contributed by atoms with van der Waals surface area (Å²) in [6, 6.07) is 8.41. The van der Waals surface area contributed by atoms with Crippen LogP contribution in [0, 0.1) is 0 Å². The Morgan fingerprint density at radius 2 is 2.12 bits per heavy atom. The van der Waals surface area contributed by atoms with Gasteiger partial charge in [0.05, 0.1) is 19.0 Å². The van der Waals surface area contributed by atoms with Crippen LogP contribution in [0.2, 0.25) is 0 Å². The highest BCUT2D eigenvalue weighted by molar-refractivity contribution is 5.86. The van der Waals surface area contributed by atoms with Crippen LogP contribution in [0.15, 0.2) is 53.7 Å². The highest BCUT2D eigenvalue weighted by Crippen LogP contribution is 2.18. The molecule has 172 valence electrons. The van der Waals surface area contributed by atoms with Crippen molar-refractivity contribution in [3.05, 3.63) is 70.4 Å². The number of carbonyl (C=O) groups is 2.